The molecule has 92 valence electrons. The molecule has 0 fully saturated rings. The monoisotopic (exact) mass is 246 g/mol. The Bertz CT molecular complexity index is 686. The molecule has 0 atom stereocenters. The van der Waals surface area contributed by atoms with Crippen LogP contribution in [-0.2, 0) is 13.6 Å². The van der Waals surface area contributed by atoms with Crippen LogP contribution in [0.25, 0.3) is 5.65 Å². The SMILES string of the molecule is Cn1nccc1CNc1nc2ccc(F)cn2n1. The van der Waals surface area contributed by atoms with Crippen molar-refractivity contribution in [1.82, 2.24) is 24.4 Å². The van der Waals surface area contributed by atoms with Crippen LogP contribution < -0.4 is 5.32 Å². The molecule has 0 aliphatic heterocycles. The normalized spacial score (nSPS) is 11.0. The van der Waals surface area contributed by atoms with Crippen molar-refractivity contribution < 1.29 is 4.39 Å². The first-order valence-electron chi connectivity index (χ1n) is 5.45. The lowest BCUT2D eigenvalue weighted by molar-refractivity contribution is 0.614. The maximum atomic E-state index is 13.0. The zero-order chi connectivity index (χ0) is 12.5. The van der Waals surface area contributed by atoms with Gasteiger partial charge in [-0.1, -0.05) is 0 Å². The van der Waals surface area contributed by atoms with Crippen LogP contribution in [0, 0.1) is 5.82 Å². The lowest BCUT2D eigenvalue weighted by Gasteiger charge is -2.01. The van der Waals surface area contributed by atoms with Crippen molar-refractivity contribution in [3.8, 4) is 0 Å². The van der Waals surface area contributed by atoms with Crippen molar-refractivity contribution in [2.24, 2.45) is 7.05 Å². The molecule has 3 aromatic rings. The number of anilines is 1. The largest absolute Gasteiger partial charge is 0.347 e. The van der Waals surface area contributed by atoms with Gasteiger partial charge in [-0.05, 0) is 18.2 Å². The zero-order valence-electron chi connectivity index (χ0n) is 9.71. The number of hydrogen-bond donors (Lipinski definition) is 1. The Morgan fingerprint density at radius 3 is 3.00 bits per heavy atom. The van der Waals surface area contributed by atoms with E-state index >= 15 is 0 Å². The topological polar surface area (TPSA) is 60.0 Å². The van der Waals surface area contributed by atoms with Gasteiger partial charge in [0.2, 0.25) is 5.95 Å². The molecular weight excluding hydrogens is 235 g/mol. The molecule has 0 aromatic carbocycles. The number of hydrogen-bond acceptors (Lipinski definition) is 4. The van der Waals surface area contributed by atoms with E-state index in [1.54, 1.807) is 16.9 Å². The number of pyridine rings is 1. The van der Waals surface area contributed by atoms with Gasteiger partial charge in [0.25, 0.3) is 0 Å². The summed E-state index contributed by atoms with van der Waals surface area (Å²) >= 11 is 0. The molecule has 1 N–H and O–H groups in total. The van der Waals surface area contributed by atoms with E-state index in [2.05, 4.69) is 20.5 Å². The van der Waals surface area contributed by atoms with Gasteiger partial charge in [-0.15, -0.1) is 5.10 Å². The van der Waals surface area contributed by atoms with E-state index in [4.69, 9.17) is 0 Å². The van der Waals surface area contributed by atoms with E-state index in [0.29, 0.717) is 18.1 Å². The minimum absolute atomic E-state index is 0.342. The summed E-state index contributed by atoms with van der Waals surface area (Å²) in [6, 6.07) is 4.84. The fourth-order valence-corrected chi connectivity index (χ4v) is 1.68. The van der Waals surface area contributed by atoms with Crippen molar-refractivity contribution in [2.45, 2.75) is 6.54 Å². The number of fused-ring (bicyclic) bond motifs is 1. The summed E-state index contributed by atoms with van der Waals surface area (Å²) < 4.78 is 16.2. The average molecular weight is 246 g/mol. The summed E-state index contributed by atoms with van der Waals surface area (Å²) in [7, 11) is 1.86. The highest BCUT2D eigenvalue weighted by Gasteiger charge is 2.05. The summed E-state index contributed by atoms with van der Waals surface area (Å²) in [5.41, 5.74) is 1.61. The first-order valence-corrected chi connectivity index (χ1v) is 5.45. The number of aryl methyl sites for hydroxylation is 1. The molecule has 0 unspecified atom stereocenters. The van der Waals surface area contributed by atoms with Crippen LogP contribution in [0.2, 0.25) is 0 Å². The van der Waals surface area contributed by atoms with Crippen LogP contribution in [0.1, 0.15) is 5.69 Å². The number of aromatic nitrogens is 5. The molecule has 0 bridgehead atoms. The number of nitrogens with one attached hydrogen (secondary N) is 1. The number of nitrogens with zero attached hydrogens (tertiary/aromatic N) is 5. The molecule has 18 heavy (non-hydrogen) atoms. The third kappa shape index (κ3) is 1.90. The Kier molecular flexibility index (Phi) is 2.44. The lowest BCUT2D eigenvalue weighted by Crippen LogP contribution is -2.06. The maximum absolute atomic E-state index is 13.0. The Morgan fingerprint density at radius 2 is 2.22 bits per heavy atom. The van der Waals surface area contributed by atoms with Gasteiger partial charge in [-0.25, -0.2) is 8.91 Å². The fourth-order valence-electron chi connectivity index (χ4n) is 1.68. The third-order valence-corrected chi connectivity index (χ3v) is 2.64. The summed E-state index contributed by atoms with van der Waals surface area (Å²) in [5, 5.41) is 11.3. The first-order chi connectivity index (χ1) is 8.72. The second-order valence-electron chi connectivity index (χ2n) is 3.89. The predicted octanol–water partition coefficient (Wildman–Crippen LogP) is 1.21. The lowest BCUT2D eigenvalue weighted by atomic mass is 10.4. The standard InChI is InChI=1S/C11H11FN6/c1-17-9(4-5-14-17)6-13-11-15-10-3-2-8(12)7-18(10)16-11/h2-5,7H,6H2,1H3,(H,13,16). The first kappa shape index (κ1) is 10.7. The number of rotatable bonds is 3. The van der Waals surface area contributed by atoms with Gasteiger partial charge in [0.1, 0.15) is 5.82 Å². The predicted molar refractivity (Wildman–Crippen MR) is 63.5 cm³/mol. The minimum Gasteiger partial charge on any atom is -0.347 e. The van der Waals surface area contributed by atoms with Gasteiger partial charge < -0.3 is 5.32 Å². The zero-order valence-corrected chi connectivity index (χ0v) is 9.71. The fraction of sp³-hybridized carbons (Fsp3) is 0.182. The molecular formula is C11H11FN6. The molecule has 7 heteroatoms. The Balaban J connectivity index is 1.81. The molecule has 0 radical (unpaired) electrons. The Hall–Kier alpha value is -2.44. The van der Waals surface area contributed by atoms with E-state index < -0.39 is 0 Å². The van der Waals surface area contributed by atoms with Crippen LogP contribution in [0.5, 0.6) is 0 Å². The van der Waals surface area contributed by atoms with E-state index in [0.717, 1.165) is 5.69 Å². The van der Waals surface area contributed by atoms with Crippen LogP contribution in [-0.4, -0.2) is 24.4 Å². The van der Waals surface area contributed by atoms with Crippen LogP contribution >= 0.6 is 0 Å². The van der Waals surface area contributed by atoms with Gasteiger partial charge in [0.05, 0.1) is 18.4 Å². The molecule has 0 amide bonds. The molecule has 3 rings (SSSR count). The second-order valence-corrected chi connectivity index (χ2v) is 3.89. The molecule has 6 nitrogen and oxygen atoms in total. The Morgan fingerprint density at radius 1 is 1.33 bits per heavy atom. The van der Waals surface area contributed by atoms with Crippen molar-refractivity contribution in [3.05, 3.63) is 42.1 Å². The quantitative estimate of drug-likeness (QED) is 0.754. The molecule has 3 aromatic heterocycles. The molecule has 0 spiro atoms. The summed E-state index contributed by atoms with van der Waals surface area (Å²) in [6.07, 6.45) is 3.01. The Labute approximate surface area is 102 Å². The van der Waals surface area contributed by atoms with E-state index in [1.165, 1.54) is 16.8 Å². The third-order valence-electron chi connectivity index (χ3n) is 2.64. The van der Waals surface area contributed by atoms with Crippen LogP contribution in [0.3, 0.4) is 0 Å². The molecule has 0 saturated carbocycles. The average Bonchev–Trinajstić information content (AvgIpc) is 2.92. The van der Waals surface area contributed by atoms with Gasteiger partial charge in [-0.3, -0.25) is 4.68 Å². The second kappa shape index (κ2) is 4.10. The highest BCUT2D eigenvalue weighted by atomic mass is 19.1. The highest BCUT2D eigenvalue weighted by Crippen LogP contribution is 2.08. The van der Waals surface area contributed by atoms with Crippen molar-refractivity contribution in [1.29, 1.82) is 0 Å². The van der Waals surface area contributed by atoms with E-state index in [1.807, 2.05) is 13.1 Å². The molecule has 0 aliphatic rings. The highest BCUT2D eigenvalue weighted by molar-refractivity contribution is 5.43. The minimum atomic E-state index is -0.342. The molecule has 3 heterocycles. The summed E-state index contributed by atoms with van der Waals surface area (Å²) in [4.78, 5) is 4.23. The van der Waals surface area contributed by atoms with Gasteiger partial charge in [0, 0.05) is 13.2 Å². The molecule has 0 saturated heterocycles. The van der Waals surface area contributed by atoms with E-state index in [9.17, 15) is 4.39 Å². The van der Waals surface area contributed by atoms with Crippen molar-refractivity contribution >= 4 is 11.6 Å². The maximum Gasteiger partial charge on any atom is 0.243 e. The van der Waals surface area contributed by atoms with Crippen LogP contribution in [0.15, 0.2) is 30.6 Å². The molecule has 0 aliphatic carbocycles. The van der Waals surface area contributed by atoms with Crippen molar-refractivity contribution in [2.75, 3.05) is 5.32 Å². The van der Waals surface area contributed by atoms with Gasteiger partial charge in [0.15, 0.2) is 5.65 Å². The summed E-state index contributed by atoms with van der Waals surface area (Å²) in [6.45, 7) is 0.565. The smallest absolute Gasteiger partial charge is 0.243 e. The van der Waals surface area contributed by atoms with Gasteiger partial charge >= 0.3 is 0 Å². The van der Waals surface area contributed by atoms with Crippen molar-refractivity contribution in [3.63, 3.8) is 0 Å². The summed E-state index contributed by atoms with van der Waals surface area (Å²) in [5.74, 6) is 0.118. The van der Waals surface area contributed by atoms with Gasteiger partial charge in [-0.2, -0.15) is 10.1 Å². The van der Waals surface area contributed by atoms with E-state index in [-0.39, 0.29) is 5.82 Å². The van der Waals surface area contributed by atoms with Crippen LogP contribution in [0.4, 0.5) is 10.3 Å². The number of halogens is 1.